The van der Waals surface area contributed by atoms with E-state index >= 15 is 0 Å². The van der Waals surface area contributed by atoms with Gasteiger partial charge in [0.25, 0.3) is 0 Å². The Hall–Kier alpha value is -2.78. The average Bonchev–Trinajstić information content (AvgIpc) is 2.56. The lowest BCUT2D eigenvalue weighted by Crippen LogP contribution is -2.05. The molecular weight excluding hydrogens is 284 g/mol. The second-order valence-corrected chi connectivity index (χ2v) is 5.58. The van der Waals surface area contributed by atoms with Gasteiger partial charge in [-0.2, -0.15) is 10.5 Å². The first-order valence-electron chi connectivity index (χ1n) is 7.55. The maximum Gasteiger partial charge on any atom is 0.126 e. The van der Waals surface area contributed by atoms with E-state index in [1.54, 1.807) is 7.11 Å². The predicted octanol–water partition coefficient (Wildman–Crippen LogP) is 4.42. The quantitative estimate of drug-likeness (QED) is 0.840. The molecule has 0 N–H and O–H groups in total. The minimum Gasteiger partial charge on any atom is -0.496 e. The Morgan fingerprint density at radius 2 is 1.39 bits per heavy atom. The molecule has 3 heteroatoms. The highest BCUT2D eigenvalue weighted by Crippen LogP contribution is 2.39. The van der Waals surface area contributed by atoms with Gasteiger partial charge in [0.05, 0.1) is 32.1 Å². The third-order valence-electron chi connectivity index (χ3n) is 4.45. The zero-order chi connectivity index (χ0) is 17.0. The number of rotatable bonds is 4. The number of nitrogens with zero attached hydrogens (tertiary/aromatic N) is 2. The molecule has 23 heavy (non-hydrogen) atoms. The molecule has 0 fully saturated rings. The third-order valence-corrected chi connectivity index (χ3v) is 4.45. The maximum absolute atomic E-state index is 9.18. The molecule has 0 atom stereocenters. The molecule has 0 heterocycles. The van der Waals surface area contributed by atoms with Crippen molar-refractivity contribution in [1.82, 2.24) is 0 Å². The van der Waals surface area contributed by atoms with Crippen molar-refractivity contribution in [3.8, 4) is 29.0 Å². The number of methoxy groups -OCH3 is 1. The third kappa shape index (κ3) is 2.91. The summed E-state index contributed by atoms with van der Waals surface area (Å²) in [6.45, 7) is 6.10. The molecule has 0 bridgehead atoms. The van der Waals surface area contributed by atoms with Crippen LogP contribution >= 0.6 is 0 Å². The van der Waals surface area contributed by atoms with Crippen molar-refractivity contribution in [3.63, 3.8) is 0 Å². The molecule has 0 aromatic heterocycles. The summed E-state index contributed by atoms with van der Waals surface area (Å²) < 4.78 is 5.51. The van der Waals surface area contributed by atoms with Gasteiger partial charge in [-0.1, -0.05) is 18.2 Å². The summed E-state index contributed by atoms with van der Waals surface area (Å²) in [4.78, 5) is 0. The van der Waals surface area contributed by atoms with Crippen molar-refractivity contribution >= 4 is 0 Å². The summed E-state index contributed by atoms with van der Waals surface area (Å²) in [5.41, 5.74) is 7.35. The van der Waals surface area contributed by atoms with Gasteiger partial charge in [-0.25, -0.2) is 0 Å². The molecule has 0 spiro atoms. The summed E-state index contributed by atoms with van der Waals surface area (Å²) in [5, 5.41) is 18.4. The molecule has 0 aliphatic heterocycles. The molecule has 2 aromatic carbocycles. The van der Waals surface area contributed by atoms with E-state index in [9.17, 15) is 10.5 Å². The van der Waals surface area contributed by atoms with E-state index in [2.05, 4.69) is 12.1 Å². The standard InChI is InChI=1S/C20H20N2O/c1-13-16(9-11-21)14(2)20(15(3)17(13)10-12-22)18-7-5-6-8-19(18)23-4/h5-8H,9-10H2,1-4H3. The molecule has 0 aliphatic rings. The molecule has 116 valence electrons. The molecule has 2 aromatic rings. The molecular formula is C20H20N2O. The second kappa shape index (κ2) is 6.99. The summed E-state index contributed by atoms with van der Waals surface area (Å²) >= 11 is 0. The Balaban J connectivity index is 2.88. The number of ether oxygens (including phenoxy) is 1. The van der Waals surface area contributed by atoms with E-state index in [1.165, 1.54) is 0 Å². The number of benzene rings is 2. The average molecular weight is 304 g/mol. The molecule has 0 saturated carbocycles. The second-order valence-electron chi connectivity index (χ2n) is 5.58. The van der Waals surface area contributed by atoms with Gasteiger partial charge in [-0.05, 0) is 60.2 Å². The lowest BCUT2D eigenvalue weighted by molar-refractivity contribution is 0.416. The van der Waals surface area contributed by atoms with E-state index in [1.807, 2.05) is 45.0 Å². The lowest BCUT2D eigenvalue weighted by atomic mass is 9.83. The zero-order valence-corrected chi connectivity index (χ0v) is 14.0. The molecule has 0 aliphatic carbocycles. The Kier molecular flexibility index (Phi) is 5.04. The minimum atomic E-state index is 0.346. The van der Waals surface area contributed by atoms with E-state index in [4.69, 9.17) is 4.74 Å². The molecule has 0 amide bonds. The molecule has 0 radical (unpaired) electrons. The predicted molar refractivity (Wildman–Crippen MR) is 91.3 cm³/mol. The summed E-state index contributed by atoms with van der Waals surface area (Å²) in [7, 11) is 1.66. The normalized spacial score (nSPS) is 10.0. The Bertz CT molecular complexity index is 780. The van der Waals surface area contributed by atoms with Crippen LogP contribution in [0.5, 0.6) is 5.75 Å². The fourth-order valence-corrected chi connectivity index (χ4v) is 3.27. The van der Waals surface area contributed by atoms with Gasteiger partial charge in [-0.3, -0.25) is 0 Å². The maximum atomic E-state index is 9.18. The van der Waals surface area contributed by atoms with Gasteiger partial charge >= 0.3 is 0 Å². The SMILES string of the molecule is COc1ccccc1-c1c(C)c(CC#N)c(C)c(CC#N)c1C. The van der Waals surface area contributed by atoms with Crippen molar-refractivity contribution in [1.29, 1.82) is 10.5 Å². The zero-order valence-electron chi connectivity index (χ0n) is 14.0. The van der Waals surface area contributed by atoms with E-state index < -0.39 is 0 Å². The monoisotopic (exact) mass is 304 g/mol. The van der Waals surface area contributed by atoms with Crippen LogP contribution < -0.4 is 4.74 Å². The van der Waals surface area contributed by atoms with Crippen LogP contribution in [0.3, 0.4) is 0 Å². The largest absolute Gasteiger partial charge is 0.496 e. The Morgan fingerprint density at radius 1 is 0.870 bits per heavy atom. The van der Waals surface area contributed by atoms with Crippen LogP contribution in [0.15, 0.2) is 24.3 Å². The smallest absolute Gasteiger partial charge is 0.126 e. The van der Waals surface area contributed by atoms with E-state index in [0.29, 0.717) is 12.8 Å². The first-order chi connectivity index (χ1) is 11.1. The fourth-order valence-electron chi connectivity index (χ4n) is 3.27. The fraction of sp³-hybridized carbons (Fsp3) is 0.300. The van der Waals surface area contributed by atoms with Gasteiger partial charge < -0.3 is 4.74 Å². The van der Waals surface area contributed by atoms with Gasteiger partial charge in [0, 0.05) is 5.56 Å². The van der Waals surface area contributed by atoms with Crippen molar-refractivity contribution in [2.45, 2.75) is 33.6 Å². The highest BCUT2D eigenvalue weighted by Gasteiger charge is 2.19. The van der Waals surface area contributed by atoms with Crippen LogP contribution in [0.1, 0.15) is 27.8 Å². The van der Waals surface area contributed by atoms with Gasteiger partial charge in [0.1, 0.15) is 5.75 Å². The van der Waals surface area contributed by atoms with Crippen LogP contribution in [0.2, 0.25) is 0 Å². The van der Waals surface area contributed by atoms with Crippen molar-refractivity contribution in [2.75, 3.05) is 7.11 Å². The highest BCUT2D eigenvalue weighted by atomic mass is 16.5. The lowest BCUT2D eigenvalue weighted by Gasteiger charge is -2.21. The Morgan fingerprint density at radius 3 is 1.87 bits per heavy atom. The van der Waals surface area contributed by atoms with Crippen LogP contribution in [-0.4, -0.2) is 7.11 Å². The van der Waals surface area contributed by atoms with Crippen LogP contribution in [0.4, 0.5) is 0 Å². The van der Waals surface area contributed by atoms with Crippen molar-refractivity contribution < 1.29 is 4.74 Å². The van der Waals surface area contributed by atoms with Crippen LogP contribution in [-0.2, 0) is 12.8 Å². The van der Waals surface area contributed by atoms with Crippen LogP contribution in [0.25, 0.3) is 11.1 Å². The molecule has 3 nitrogen and oxygen atoms in total. The number of hydrogen-bond donors (Lipinski definition) is 0. The minimum absolute atomic E-state index is 0.346. The Labute approximate surface area is 137 Å². The summed E-state index contributed by atoms with van der Waals surface area (Å²) in [5.74, 6) is 0.799. The number of hydrogen-bond acceptors (Lipinski definition) is 3. The molecule has 0 unspecified atom stereocenters. The van der Waals surface area contributed by atoms with Crippen molar-refractivity contribution in [2.24, 2.45) is 0 Å². The first kappa shape index (κ1) is 16.6. The van der Waals surface area contributed by atoms with Gasteiger partial charge in [-0.15, -0.1) is 0 Å². The summed E-state index contributed by atoms with van der Waals surface area (Å²) in [6.07, 6.45) is 0.692. The highest BCUT2D eigenvalue weighted by molar-refractivity contribution is 5.79. The topological polar surface area (TPSA) is 56.8 Å². The molecule has 2 rings (SSSR count). The van der Waals surface area contributed by atoms with E-state index in [0.717, 1.165) is 44.7 Å². The van der Waals surface area contributed by atoms with Gasteiger partial charge in [0.2, 0.25) is 0 Å². The number of para-hydroxylation sites is 1. The number of nitriles is 2. The molecule has 0 saturated heterocycles. The first-order valence-corrected chi connectivity index (χ1v) is 7.55. The summed E-state index contributed by atoms with van der Waals surface area (Å²) in [6, 6.07) is 12.4. The van der Waals surface area contributed by atoms with E-state index in [-0.39, 0.29) is 0 Å². The van der Waals surface area contributed by atoms with Crippen LogP contribution in [0, 0.1) is 43.4 Å². The van der Waals surface area contributed by atoms with Crippen molar-refractivity contribution in [3.05, 3.63) is 52.1 Å². The van der Waals surface area contributed by atoms with Gasteiger partial charge in [0.15, 0.2) is 0 Å².